The van der Waals surface area contributed by atoms with Crippen LogP contribution in [0.4, 0.5) is 0 Å². The van der Waals surface area contributed by atoms with Gasteiger partial charge in [-0.15, -0.1) is 0 Å². The van der Waals surface area contributed by atoms with Crippen LogP contribution in [-0.4, -0.2) is 68.6 Å². The molecule has 0 aliphatic carbocycles. The Hall–Kier alpha value is -2.36. The van der Waals surface area contributed by atoms with E-state index in [1.165, 1.54) is 11.4 Å². The Labute approximate surface area is 197 Å². The van der Waals surface area contributed by atoms with Crippen LogP contribution in [0.15, 0.2) is 29.3 Å². The number of amides is 1. The Morgan fingerprint density at radius 1 is 1.21 bits per heavy atom. The Morgan fingerprint density at radius 2 is 1.94 bits per heavy atom. The molecule has 0 saturated carbocycles. The Morgan fingerprint density at radius 3 is 2.61 bits per heavy atom. The minimum Gasteiger partial charge on any atom is -0.496 e. The molecule has 2 aromatic rings. The highest BCUT2D eigenvalue weighted by atomic mass is 32.2. The van der Waals surface area contributed by atoms with Gasteiger partial charge in [0.15, 0.2) is 0 Å². The molecule has 1 aromatic carbocycles. The normalized spacial score (nSPS) is 16.2. The molecule has 3 rings (SSSR count). The van der Waals surface area contributed by atoms with Crippen molar-refractivity contribution in [2.45, 2.75) is 51.6 Å². The average molecular weight is 478 g/mol. The fourth-order valence-corrected chi connectivity index (χ4v) is 6.17. The summed E-state index contributed by atoms with van der Waals surface area (Å²) in [6, 6.07) is 5.85. The van der Waals surface area contributed by atoms with E-state index in [4.69, 9.17) is 9.47 Å². The first-order valence-electron chi connectivity index (χ1n) is 11.3. The first kappa shape index (κ1) is 25.3. The lowest BCUT2D eigenvalue weighted by Gasteiger charge is -2.36. The number of hydrogen-bond acceptors (Lipinski definition) is 5. The van der Waals surface area contributed by atoms with Crippen molar-refractivity contribution in [3.8, 4) is 5.75 Å². The highest BCUT2D eigenvalue weighted by molar-refractivity contribution is 7.89. The van der Waals surface area contributed by atoms with E-state index >= 15 is 0 Å². The number of aromatic nitrogens is 1. The number of hydrogen-bond donors (Lipinski definition) is 0. The van der Waals surface area contributed by atoms with Gasteiger partial charge in [-0.25, -0.2) is 8.42 Å². The molecule has 8 nitrogen and oxygen atoms in total. The molecule has 2 heterocycles. The molecule has 0 spiro atoms. The molecule has 0 N–H and O–H groups in total. The molecule has 0 fully saturated rings. The zero-order valence-electron chi connectivity index (χ0n) is 20.4. The van der Waals surface area contributed by atoms with Crippen LogP contribution < -0.4 is 4.74 Å². The number of nitrogens with zero attached hydrogens (tertiary/aromatic N) is 3. The molecule has 1 aliphatic rings. The van der Waals surface area contributed by atoms with Crippen LogP contribution >= 0.6 is 0 Å². The minimum absolute atomic E-state index is 0.0390. The van der Waals surface area contributed by atoms with Crippen molar-refractivity contribution in [2.75, 3.05) is 40.5 Å². The van der Waals surface area contributed by atoms with E-state index < -0.39 is 10.0 Å². The van der Waals surface area contributed by atoms with E-state index in [9.17, 15) is 13.2 Å². The number of benzene rings is 1. The summed E-state index contributed by atoms with van der Waals surface area (Å²) in [5.74, 6) is 0.598. The quantitative estimate of drug-likeness (QED) is 0.519. The topological polar surface area (TPSA) is 81.1 Å². The molecule has 9 heteroatoms. The van der Waals surface area contributed by atoms with Gasteiger partial charge in [0, 0.05) is 38.6 Å². The summed E-state index contributed by atoms with van der Waals surface area (Å²) in [7, 11) is -0.603. The number of carbonyl (C=O) groups is 1. The number of sulfonamides is 1. The van der Waals surface area contributed by atoms with E-state index in [2.05, 4.69) is 17.6 Å². The third kappa shape index (κ3) is 4.95. The highest BCUT2D eigenvalue weighted by Crippen LogP contribution is 2.32. The monoisotopic (exact) mass is 477 g/mol. The van der Waals surface area contributed by atoms with E-state index in [1.807, 2.05) is 24.1 Å². The van der Waals surface area contributed by atoms with Crippen LogP contribution in [0.25, 0.3) is 0 Å². The van der Waals surface area contributed by atoms with Crippen molar-refractivity contribution in [3.63, 3.8) is 0 Å². The van der Waals surface area contributed by atoms with Gasteiger partial charge in [-0.05, 0) is 62.1 Å². The lowest BCUT2D eigenvalue weighted by atomic mass is 10.1. The summed E-state index contributed by atoms with van der Waals surface area (Å²) >= 11 is 0. The van der Waals surface area contributed by atoms with Crippen LogP contribution in [0.2, 0.25) is 0 Å². The summed E-state index contributed by atoms with van der Waals surface area (Å²) in [5, 5.41) is 0. The molecule has 0 bridgehead atoms. The zero-order chi connectivity index (χ0) is 24.3. The summed E-state index contributed by atoms with van der Waals surface area (Å²) in [5.41, 5.74) is 3.26. The summed E-state index contributed by atoms with van der Waals surface area (Å²) in [6.07, 6.45) is 2.87. The van der Waals surface area contributed by atoms with Gasteiger partial charge in [-0.2, -0.15) is 4.31 Å². The van der Waals surface area contributed by atoms with Crippen LogP contribution in [-0.2, 0) is 26.1 Å². The summed E-state index contributed by atoms with van der Waals surface area (Å²) in [4.78, 5) is 15.0. The van der Waals surface area contributed by atoms with Gasteiger partial charge in [0.1, 0.15) is 12.4 Å². The average Bonchev–Trinajstić information content (AvgIpc) is 3.26. The van der Waals surface area contributed by atoms with Crippen LogP contribution in [0.1, 0.15) is 41.8 Å². The van der Waals surface area contributed by atoms with Gasteiger partial charge in [0.05, 0.1) is 24.7 Å². The summed E-state index contributed by atoms with van der Waals surface area (Å²) in [6.45, 7) is 9.11. The molecule has 1 unspecified atom stereocenters. The number of methoxy groups -OCH3 is 1. The molecule has 0 radical (unpaired) electrons. The van der Waals surface area contributed by atoms with E-state index in [0.29, 0.717) is 28.3 Å². The van der Waals surface area contributed by atoms with E-state index in [1.54, 1.807) is 27.0 Å². The Balaban J connectivity index is 1.59. The lowest BCUT2D eigenvalue weighted by Crippen LogP contribution is -2.43. The predicted molar refractivity (Wildman–Crippen MR) is 127 cm³/mol. The van der Waals surface area contributed by atoms with Crippen LogP contribution in [0.3, 0.4) is 0 Å². The van der Waals surface area contributed by atoms with Crippen LogP contribution in [0.5, 0.6) is 5.75 Å². The van der Waals surface area contributed by atoms with Crippen molar-refractivity contribution < 1.29 is 22.7 Å². The standard InChI is InChI=1S/C24H35N3O5S/c1-7-20-21-9-8-10-26(21)11-12-27(20)23(28)16-32-14-13-25(5)33(29,30)24-17(2)15-22(31-6)18(3)19(24)4/h8-10,15,20H,7,11-14,16H2,1-6H3. The van der Waals surface area contributed by atoms with Gasteiger partial charge in [0.25, 0.3) is 0 Å². The smallest absolute Gasteiger partial charge is 0.249 e. The van der Waals surface area contributed by atoms with E-state index in [-0.39, 0.29) is 31.7 Å². The van der Waals surface area contributed by atoms with Gasteiger partial charge < -0.3 is 18.9 Å². The maximum Gasteiger partial charge on any atom is 0.249 e. The van der Waals surface area contributed by atoms with Gasteiger partial charge in [0.2, 0.25) is 15.9 Å². The van der Waals surface area contributed by atoms with Crippen LogP contribution in [0, 0.1) is 20.8 Å². The molecule has 33 heavy (non-hydrogen) atoms. The second kappa shape index (κ2) is 10.3. The Bertz CT molecular complexity index is 1110. The fraction of sp³-hybridized carbons (Fsp3) is 0.542. The predicted octanol–water partition coefficient (Wildman–Crippen LogP) is 3.05. The molecule has 1 amide bonds. The minimum atomic E-state index is -3.71. The third-order valence-electron chi connectivity index (χ3n) is 6.51. The van der Waals surface area contributed by atoms with Gasteiger partial charge >= 0.3 is 0 Å². The molecule has 1 aliphatic heterocycles. The van der Waals surface area contributed by atoms with Crippen molar-refractivity contribution in [2.24, 2.45) is 0 Å². The number of likely N-dealkylation sites (N-methyl/N-ethyl adjacent to an activating group) is 1. The molecule has 1 atom stereocenters. The van der Waals surface area contributed by atoms with Gasteiger partial charge in [-0.1, -0.05) is 6.92 Å². The number of aryl methyl sites for hydroxylation is 1. The van der Waals surface area contributed by atoms with Crippen molar-refractivity contribution >= 4 is 15.9 Å². The molecular formula is C24H35N3O5S. The SMILES string of the molecule is CCC1c2cccn2CCN1C(=O)COCCN(C)S(=O)(=O)c1c(C)cc(OC)c(C)c1C. The number of carbonyl (C=O) groups excluding carboxylic acids is 1. The Kier molecular flexibility index (Phi) is 7.87. The van der Waals surface area contributed by atoms with E-state index in [0.717, 1.165) is 24.2 Å². The maximum atomic E-state index is 13.2. The van der Waals surface area contributed by atoms with Crippen molar-refractivity contribution in [1.82, 2.24) is 13.8 Å². The second-order valence-electron chi connectivity index (χ2n) is 8.49. The molecular weight excluding hydrogens is 442 g/mol. The molecule has 182 valence electrons. The summed E-state index contributed by atoms with van der Waals surface area (Å²) < 4.78 is 40.9. The van der Waals surface area contributed by atoms with Crippen molar-refractivity contribution in [1.29, 1.82) is 0 Å². The second-order valence-corrected chi connectivity index (χ2v) is 10.5. The number of fused-ring (bicyclic) bond motifs is 1. The molecule has 1 aromatic heterocycles. The highest BCUT2D eigenvalue weighted by Gasteiger charge is 2.30. The van der Waals surface area contributed by atoms with Crippen molar-refractivity contribution in [3.05, 3.63) is 46.8 Å². The largest absolute Gasteiger partial charge is 0.496 e. The first-order chi connectivity index (χ1) is 15.6. The zero-order valence-corrected chi connectivity index (χ0v) is 21.2. The molecule has 0 saturated heterocycles. The van der Waals surface area contributed by atoms with Gasteiger partial charge in [-0.3, -0.25) is 4.79 Å². The third-order valence-corrected chi connectivity index (χ3v) is 8.66. The fourth-order valence-electron chi connectivity index (χ4n) is 4.53. The number of rotatable bonds is 9. The first-order valence-corrected chi connectivity index (χ1v) is 12.7. The lowest BCUT2D eigenvalue weighted by molar-refractivity contribution is -0.140. The maximum absolute atomic E-state index is 13.2. The number of ether oxygens (including phenoxy) is 2.